The summed E-state index contributed by atoms with van der Waals surface area (Å²) < 4.78 is 17.4. The Morgan fingerprint density at radius 1 is 0.608 bits per heavy atom. The number of H-pyrrole nitrogens is 2. The number of piperidine rings is 2. The zero-order valence-electron chi connectivity index (χ0n) is 47.7. The number of nitrogens with one attached hydrogen (secondary N) is 2. The van der Waals surface area contributed by atoms with Gasteiger partial charge in [-0.25, -0.2) is 9.59 Å². The average molecular weight is 1100 g/mol. The van der Waals surface area contributed by atoms with Crippen molar-refractivity contribution in [1.29, 1.82) is 0 Å². The fourth-order valence-corrected chi connectivity index (χ4v) is 11.2. The Morgan fingerprint density at radius 2 is 1.03 bits per heavy atom. The Labute approximate surface area is 470 Å². The molecular formula is C64H79ClN6O8. The van der Waals surface area contributed by atoms with Gasteiger partial charge in [0, 0.05) is 101 Å². The molecule has 6 heterocycles. The normalized spacial score (nSPS) is 17.8. The molecule has 0 bridgehead atoms. The second-order valence-electron chi connectivity index (χ2n) is 23.4. The molecule has 2 amide bonds. The van der Waals surface area contributed by atoms with Crippen LogP contribution in [-0.2, 0) is 47.1 Å². The summed E-state index contributed by atoms with van der Waals surface area (Å²) in [4.78, 5) is 68.7. The lowest BCUT2D eigenvalue weighted by molar-refractivity contribution is -0.141. The van der Waals surface area contributed by atoms with E-state index in [9.17, 15) is 19.2 Å². The molecule has 14 nitrogen and oxygen atoms in total. The first-order valence-electron chi connectivity index (χ1n) is 27.7. The molecule has 2 fully saturated rings. The van der Waals surface area contributed by atoms with Crippen LogP contribution in [0.5, 0.6) is 0 Å². The van der Waals surface area contributed by atoms with Gasteiger partial charge in [0.2, 0.25) is 0 Å². The Balaban J connectivity index is 0.000000185. The number of rotatable bonds is 10. The van der Waals surface area contributed by atoms with Gasteiger partial charge in [0.05, 0.1) is 53.6 Å². The molecule has 2 aromatic heterocycles. The van der Waals surface area contributed by atoms with Crippen LogP contribution in [0.15, 0.2) is 109 Å². The van der Waals surface area contributed by atoms with Gasteiger partial charge in [-0.1, -0.05) is 88.4 Å². The molecule has 0 saturated carbocycles. The van der Waals surface area contributed by atoms with E-state index in [2.05, 4.69) is 67.6 Å². The SMILES string of the molecule is CC(C)OC(=O)C1=CN(C(=O)c2cccc(CCl)c2)CC(C)(C)c2c1[nH]c1ccccc21.CC(C)OC(=O)C1=CN(C(=O)c2cccc(COC3CCN(C)CC3)c2)CC(C)(C)c2c1[nH]c1ccccc21.CN1CCC(O)CC1. The molecule has 0 unspecified atom stereocenters. The molecule has 0 atom stereocenters. The molecule has 10 rings (SSSR count). The van der Waals surface area contributed by atoms with Gasteiger partial charge >= 0.3 is 11.9 Å². The number of aromatic nitrogens is 2. The van der Waals surface area contributed by atoms with Crippen molar-refractivity contribution in [3.8, 4) is 0 Å². The van der Waals surface area contributed by atoms with Crippen LogP contribution in [0.1, 0.15) is 135 Å². The van der Waals surface area contributed by atoms with Gasteiger partial charge in [-0.05, 0) is 126 Å². The molecule has 4 aliphatic heterocycles. The van der Waals surface area contributed by atoms with Crippen LogP contribution in [0.2, 0.25) is 0 Å². The summed E-state index contributed by atoms with van der Waals surface area (Å²) in [6, 6.07) is 30.9. The second-order valence-corrected chi connectivity index (χ2v) is 23.6. The third kappa shape index (κ3) is 14.1. The highest BCUT2D eigenvalue weighted by Crippen LogP contribution is 2.42. The van der Waals surface area contributed by atoms with Crippen LogP contribution in [0.25, 0.3) is 33.0 Å². The molecule has 4 aromatic carbocycles. The first-order chi connectivity index (χ1) is 37.6. The lowest BCUT2D eigenvalue weighted by Crippen LogP contribution is -2.37. The van der Waals surface area contributed by atoms with Crippen molar-refractivity contribution in [3.63, 3.8) is 0 Å². The van der Waals surface area contributed by atoms with Gasteiger partial charge in [0.15, 0.2) is 0 Å². The van der Waals surface area contributed by atoms with E-state index in [0.29, 0.717) is 59.2 Å². The number of benzene rings is 4. The molecule has 0 spiro atoms. The number of nitrogens with zero attached hydrogens (tertiary/aromatic N) is 4. The van der Waals surface area contributed by atoms with Gasteiger partial charge in [-0.3, -0.25) is 9.59 Å². The Morgan fingerprint density at radius 3 is 1.46 bits per heavy atom. The van der Waals surface area contributed by atoms with E-state index in [1.807, 2.05) is 107 Å². The quantitative estimate of drug-likeness (QED) is 0.0890. The van der Waals surface area contributed by atoms with E-state index < -0.39 is 22.8 Å². The second kappa shape index (κ2) is 25.3. The van der Waals surface area contributed by atoms with Crippen molar-refractivity contribution in [2.45, 2.75) is 129 Å². The standard InChI is InChI=1S/C32H39N3O4.C26H27ClN2O3.C6H13NO/c1-21(2)39-31(37)26-18-35(20-32(3,4)28-25-11-6-7-12-27(25)33-29(26)28)30(36)23-10-8-9-22(17-23)19-38-24-13-15-34(5)16-14-24;1-16(2)32-25(31)20-14-29(24(30)18-9-7-8-17(12-18)13-27)15-26(3,4)22-19-10-5-6-11-21(19)28-23(20)22;1-7-4-2-6(8)3-5-7/h6-12,17-18,21,24,33H,13-16,19-20H2,1-5H3;5-12,14,16,28H,13,15H2,1-4H3;6,8H,2-5H2,1H3. The van der Waals surface area contributed by atoms with Gasteiger partial charge in [0.25, 0.3) is 11.8 Å². The number of aliphatic hydroxyl groups excluding tert-OH is 1. The first-order valence-corrected chi connectivity index (χ1v) is 28.3. The maximum atomic E-state index is 13.9. The van der Waals surface area contributed by atoms with Crippen molar-refractivity contribution in [2.24, 2.45) is 0 Å². The van der Waals surface area contributed by atoms with Crippen molar-refractivity contribution < 1.29 is 38.5 Å². The molecule has 2 saturated heterocycles. The molecule has 79 heavy (non-hydrogen) atoms. The lowest BCUT2D eigenvalue weighted by Gasteiger charge is -2.30. The number of aromatic amines is 2. The van der Waals surface area contributed by atoms with Crippen LogP contribution < -0.4 is 0 Å². The van der Waals surface area contributed by atoms with Gasteiger partial charge in [-0.15, -0.1) is 11.6 Å². The van der Waals surface area contributed by atoms with E-state index in [4.69, 9.17) is 30.9 Å². The van der Waals surface area contributed by atoms with Crippen LogP contribution in [-0.4, -0.2) is 136 Å². The molecule has 4 aliphatic rings. The highest BCUT2D eigenvalue weighted by molar-refractivity contribution is 6.20. The molecule has 0 aliphatic carbocycles. The molecule has 15 heteroatoms. The minimum atomic E-state index is -0.460. The summed E-state index contributed by atoms with van der Waals surface area (Å²) >= 11 is 5.97. The van der Waals surface area contributed by atoms with Crippen LogP contribution in [0.4, 0.5) is 0 Å². The summed E-state index contributed by atoms with van der Waals surface area (Å²) in [5.41, 5.74) is 8.10. The molecule has 420 valence electrons. The number of hydrogen-bond acceptors (Lipinski definition) is 10. The largest absolute Gasteiger partial charge is 0.459 e. The van der Waals surface area contributed by atoms with E-state index in [1.165, 1.54) is 0 Å². The predicted octanol–water partition coefficient (Wildman–Crippen LogP) is 11.2. The molecular weight excluding hydrogens is 1020 g/mol. The third-order valence-corrected chi connectivity index (χ3v) is 15.3. The Kier molecular flexibility index (Phi) is 18.7. The summed E-state index contributed by atoms with van der Waals surface area (Å²) in [5, 5.41) is 11.1. The number of hydrogen-bond donors (Lipinski definition) is 3. The van der Waals surface area contributed by atoms with Crippen LogP contribution >= 0.6 is 11.6 Å². The average Bonchev–Trinajstić information content (AvgIpc) is 4.17. The van der Waals surface area contributed by atoms with E-state index in [0.717, 1.165) is 95.9 Å². The van der Waals surface area contributed by atoms with Gasteiger partial charge < -0.3 is 48.9 Å². The van der Waals surface area contributed by atoms with Crippen LogP contribution in [0, 0.1) is 0 Å². The summed E-state index contributed by atoms with van der Waals surface area (Å²) in [5.74, 6) is -0.931. The van der Waals surface area contributed by atoms with E-state index >= 15 is 0 Å². The summed E-state index contributed by atoms with van der Waals surface area (Å²) in [6.07, 6.45) is 6.90. The van der Waals surface area contributed by atoms with Crippen molar-refractivity contribution in [1.82, 2.24) is 29.6 Å². The fourth-order valence-electron chi connectivity index (χ4n) is 11.0. The zero-order valence-corrected chi connectivity index (χ0v) is 48.4. The van der Waals surface area contributed by atoms with Gasteiger partial charge in [0.1, 0.15) is 0 Å². The minimum absolute atomic E-state index is 0.0220. The number of alkyl halides is 1. The van der Waals surface area contributed by atoms with Crippen molar-refractivity contribution in [2.75, 3.05) is 53.4 Å². The number of carbonyl (C=O) groups excluding carboxylic acids is 4. The zero-order chi connectivity index (χ0) is 56.8. The topological polar surface area (TPSA) is 161 Å². The number of carbonyl (C=O) groups is 4. The number of ether oxygens (including phenoxy) is 3. The maximum absolute atomic E-state index is 13.9. The number of para-hydroxylation sites is 2. The lowest BCUT2D eigenvalue weighted by atomic mass is 9.81. The number of fused-ring (bicyclic) bond motifs is 6. The molecule has 3 N–H and O–H groups in total. The summed E-state index contributed by atoms with van der Waals surface area (Å²) in [7, 11) is 4.22. The monoisotopic (exact) mass is 1090 g/mol. The molecule has 0 radical (unpaired) electrons. The third-order valence-electron chi connectivity index (χ3n) is 15.0. The number of amides is 2. The summed E-state index contributed by atoms with van der Waals surface area (Å²) in [6.45, 7) is 21.2. The maximum Gasteiger partial charge on any atom is 0.342 e. The number of halogens is 1. The fraction of sp³-hybridized carbons (Fsp3) is 0.438. The van der Waals surface area contributed by atoms with E-state index in [-0.39, 0.29) is 36.2 Å². The highest BCUT2D eigenvalue weighted by atomic mass is 35.5. The molecule has 6 aromatic rings. The van der Waals surface area contributed by atoms with Crippen LogP contribution in [0.3, 0.4) is 0 Å². The smallest absolute Gasteiger partial charge is 0.342 e. The van der Waals surface area contributed by atoms with Crippen molar-refractivity contribution in [3.05, 3.63) is 154 Å². The minimum Gasteiger partial charge on any atom is -0.459 e. The number of esters is 2. The Bertz CT molecular complexity index is 3200. The predicted molar refractivity (Wildman–Crippen MR) is 314 cm³/mol. The van der Waals surface area contributed by atoms with E-state index in [1.54, 1.807) is 34.3 Å². The number of aliphatic hydroxyl groups is 1. The first kappa shape index (κ1) is 58.6. The van der Waals surface area contributed by atoms with Crippen molar-refractivity contribution >= 4 is 68.3 Å². The van der Waals surface area contributed by atoms with Gasteiger partial charge in [-0.2, -0.15) is 0 Å². The Hall–Kier alpha value is -6.55. The number of likely N-dealkylation sites (tertiary alicyclic amines) is 2. The highest BCUT2D eigenvalue weighted by Gasteiger charge is 2.39.